The number of carbonyl (C=O) groups excluding carboxylic acids is 2. The highest BCUT2D eigenvalue weighted by molar-refractivity contribution is 6.37. The standard InChI is InChI=1S/C13H24N2O2.ClH/c1-13(2,3)11(16)12(17)15-10(8-14)9-6-4-5-7-9;/h9-10H,4-8,14H2,1-3H3,(H,15,17);1H. The van der Waals surface area contributed by atoms with Gasteiger partial charge in [0, 0.05) is 18.0 Å². The zero-order valence-corrected chi connectivity index (χ0v) is 12.3. The monoisotopic (exact) mass is 276 g/mol. The normalized spacial score (nSPS) is 18.0. The maximum absolute atomic E-state index is 11.8. The molecule has 0 radical (unpaired) electrons. The van der Waals surface area contributed by atoms with Crippen molar-refractivity contribution in [3.8, 4) is 0 Å². The van der Waals surface area contributed by atoms with E-state index >= 15 is 0 Å². The summed E-state index contributed by atoms with van der Waals surface area (Å²) in [5.41, 5.74) is 5.06. The van der Waals surface area contributed by atoms with Crippen LogP contribution < -0.4 is 11.1 Å². The Morgan fingerprint density at radius 1 is 1.28 bits per heavy atom. The van der Waals surface area contributed by atoms with Crippen LogP contribution in [0.3, 0.4) is 0 Å². The molecular weight excluding hydrogens is 252 g/mol. The molecular formula is C13H25ClN2O2. The predicted molar refractivity (Wildman–Crippen MR) is 74.7 cm³/mol. The second kappa shape index (κ2) is 7.10. The van der Waals surface area contributed by atoms with Gasteiger partial charge < -0.3 is 11.1 Å². The minimum Gasteiger partial charge on any atom is -0.345 e. The molecule has 0 aliphatic heterocycles. The number of amides is 1. The summed E-state index contributed by atoms with van der Waals surface area (Å²) in [6, 6.07) is -0.0451. The Hall–Kier alpha value is -0.610. The summed E-state index contributed by atoms with van der Waals surface area (Å²) in [5, 5.41) is 2.80. The number of nitrogens with two attached hydrogens (primary N) is 1. The smallest absolute Gasteiger partial charge is 0.288 e. The summed E-state index contributed by atoms with van der Waals surface area (Å²) in [7, 11) is 0. The van der Waals surface area contributed by atoms with Crippen molar-refractivity contribution in [3.05, 3.63) is 0 Å². The van der Waals surface area contributed by atoms with Gasteiger partial charge >= 0.3 is 0 Å². The third-order valence-electron chi connectivity index (χ3n) is 3.43. The van der Waals surface area contributed by atoms with E-state index in [1.165, 1.54) is 12.8 Å². The summed E-state index contributed by atoms with van der Waals surface area (Å²) in [6.07, 6.45) is 4.60. The first-order valence-corrected chi connectivity index (χ1v) is 6.41. The van der Waals surface area contributed by atoms with E-state index in [9.17, 15) is 9.59 Å². The van der Waals surface area contributed by atoms with Crippen molar-refractivity contribution in [2.75, 3.05) is 6.54 Å². The molecule has 0 saturated heterocycles. The maximum Gasteiger partial charge on any atom is 0.288 e. The lowest BCUT2D eigenvalue weighted by molar-refractivity contribution is -0.143. The van der Waals surface area contributed by atoms with Crippen LogP contribution in [0.2, 0.25) is 0 Å². The van der Waals surface area contributed by atoms with Gasteiger partial charge in [-0.3, -0.25) is 9.59 Å². The molecule has 1 unspecified atom stereocenters. The van der Waals surface area contributed by atoms with Gasteiger partial charge in [-0.2, -0.15) is 0 Å². The number of hydrogen-bond donors (Lipinski definition) is 2. The topological polar surface area (TPSA) is 72.2 Å². The van der Waals surface area contributed by atoms with Gasteiger partial charge in [0.15, 0.2) is 0 Å². The fourth-order valence-electron chi connectivity index (χ4n) is 2.30. The van der Waals surface area contributed by atoms with Crippen LogP contribution in [-0.2, 0) is 9.59 Å². The van der Waals surface area contributed by atoms with Gasteiger partial charge in [-0.05, 0) is 18.8 Å². The number of halogens is 1. The van der Waals surface area contributed by atoms with Gasteiger partial charge in [0.1, 0.15) is 0 Å². The molecule has 0 spiro atoms. The lowest BCUT2D eigenvalue weighted by Crippen LogP contribution is -2.49. The molecule has 0 aromatic carbocycles. The minimum absolute atomic E-state index is 0. The van der Waals surface area contributed by atoms with Crippen molar-refractivity contribution in [2.24, 2.45) is 17.1 Å². The SMILES string of the molecule is CC(C)(C)C(=O)C(=O)NC(CN)C1CCCC1.Cl. The highest BCUT2D eigenvalue weighted by Gasteiger charge is 2.32. The summed E-state index contributed by atoms with van der Waals surface area (Å²) < 4.78 is 0. The van der Waals surface area contributed by atoms with E-state index in [2.05, 4.69) is 5.32 Å². The molecule has 106 valence electrons. The number of ketones is 1. The van der Waals surface area contributed by atoms with Crippen LogP contribution in [0.25, 0.3) is 0 Å². The van der Waals surface area contributed by atoms with E-state index in [1.807, 2.05) is 0 Å². The van der Waals surface area contributed by atoms with E-state index in [-0.39, 0.29) is 24.2 Å². The third-order valence-corrected chi connectivity index (χ3v) is 3.43. The van der Waals surface area contributed by atoms with Crippen LogP contribution in [0.15, 0.2) is 0 Å². The molecule has 1 fully saturated rings. The van der Waals surface area contributed by atoms with E-state index in [4.69, 9.17) is 5.73 Å². The van der Waals surface area contributed by atoms with Crippen molar-refractivity contribution in [1.82, 2.24) is 5.32 Å². The Bertz CT molecular complexity index is 294. The first-order valence-electron chi connectivity index (χ1n) is 6.41. The van der Waals surface area contributed by atoms with Crippen LogP contribution >= 0.6 is 12.4 Å². The molecule has 0 bridgehead atoms. The van der Waals surface area contributed by atoms with Crippen LogP contribution in [0.4, 0.5) is 0 Å². The van der Waals surface area contributed by atoms with Crippen molar-refractivity contribution < 1.29 is 9.59 Å². The van der Waals surface area contributed by atoms with E-state index in [0.717, 1.165) is 12.8 Å². The fourth-order valence-corrected chi connectivity index (χ4v) is 2.30. The number of hydrogen-bond acceptors (Lipinski definition) is 3. The molecule has 3 N–H and O–H groups in total. The van der Waals surface area contributed by atoms with Crippen LogP contribution in [0.1, 0.15) is 46.5 Å². The average molecular weight is 277 g/mol. The predicted octanol–water partition coefficient (Wildman–Crippen LogP) is 1.66. The zero-order chi connectivity index (χ0) is 13.1. The van der Waals surface area contributed by atoms with Crippen LogP contribution in [0.5, 0.6) is 0 Å². The Balaban J connectivity index is 0.00000289. The maximum atomic E-state index is 11.8. The van der Waals surface area contributed by atoms with E-state index in [1.54, 1.807) is 20.8 Å². The molecule has 1 amide bonds. The van der Waals surface area contributed by atoms with Gasteiger partial charge in [0.2, 0.25) is 5.78 Å². The second-order valence-electron chi connectivity index (χ2n) is 5.94. The number of carbonyl (C=O) groups is 2. The molecule has 1 aliphatic rings. The molecule has 4 nitrogen and oxygen atoms in total. The summed E-state index contributed by atoms with van der Waals surface area (Å²) in [4.78, 5) is 23.6. The number of nitrogens with one attached hydrogen (secondary N) is 1. The first-order chi connectivity index (χ1) is 7.86. The minimum atomic E-state index is -0.626. The molecule has 0 aromatic heterocycles. The number of Topliss-reactive ketones (excluding diaryl/α,β-unsaturated/α-hetero) is 1. The third kappa shape index (κ3) is 4.58. The van der Waals surface area contributed by atoms with Gasteiger partial charge in [-0.25, -0.2) is 0 Å². The fraction of sp³-hybridized carbons (Fsp3) is 0.846. The lowest BCUT2D eigenvalue weighted by Gasteiger charge is -2.24. The Labute approximate surface area is 115 Å². The molecule has 1 rings (SSSR count). The van der Waals surface area contributed by atoms with E-state index < -0.39 is 11.3 Å². The summed E-state index contributed by atoms with van der Waals surface area (Å²) in [6.45, 7) is 5.67. The van der Waals surface area contributed by atoms with Crippen molar-refractivity contribution >= 4 is 24.1 Å². The molecule has 18 heavy (non-hydrogen) atoms. The highest BCUT2D eigenvalue weighted by Crippen LogP contribution is 2.27. The van der Waals surface area contributed by atoms with Crippen molar-refractivity contribution in [3.63, 3.8) is 0 Å². The Morgan fingerprint density at radius 2 is 1.78 bits per heavy atom. The van der Waals surface area contributed by atoms with Crippen molar-refractivity contribution in [2.45, 2.75) is 52.5 Å². The van der Waals surface area contributed by atoms with E-state index in [0.29, 0.717) is 12.5 Å². The van der Waals surface area contributed by atoms with Crippen LogP contribution in [0, 0.1) is 11.3 Å². The molecule has 0 aromatic rings. The Kier molecular flexibility index (Phi) is 6.86. The van der Waals surface area contributed by atoms with Gasteiger partial charge in [-0.1, -0.05) is 33.6 Å². The molecule has 5 heteroatoms. The van der Waals surface area contributed by atoms with Gasteiger partial charge in [0.05, 0.1) is 0 Å². The van der Waals surface area contributed by atoms with Crippen LogP contribution in [-0.4, -0.2) is 24.3 Å². The average Bonchev–Trinajstić information content (AvgIpc) is 2.76. The van der Waals surface area contributed by atoms with Gasteiger partial charge in [-0.15, -0.1) is 12.4 Å². The molecule has 1 aliphatic carbocycles. The molecule has 0 heterocycles. The second-order valence-corrected chi connectivity index (χ2v) is 5.94. The quantitative estimate of drug-likeness (QED) is 0.767. The molecule has 1 atom stereocenters. The summed E-state index contributed by atoms with van der Waals surface area (Å²) >= 11 is 0. The van der Waals surface area contributed by atoms with Gasteiger partial charge in [0.25, 0.3) is 5.91 Å². The Morgan fingerprint density at radius 3 is 2.17 bits per heavy atom. The molecule has 1 saturated carbocycles. The highest BCUT2D eigenvalue weighted by atomic mass is 35.5. The first kappa shape index (κ1) is 17.4. The largest absolute Gasteiger partial charge is 0.345 e. The zero-order valence-electron chi connectivity index (χ0n) is 11.5. The van der Waals surface area contributed by atoms with Crippen molar-refractivity contribution in [1.29, 1.82) is 0 Å². The number of rotatable bonds is 4. The summed E-state index contributed by atoms with van der Waals surface area (Å²) in [5.74, 6) is -0.412. The lowest BCUT2D eigenvalue weighted by atomic mass is 9.89.